The summed E-state index contributed by atoms with van der Waals surface area (Å²) in [7, 11) is 0. The summed E-state index contributed by atoms with van der Waals surface area (Å²) in [6.45, 7) is 3.56. The van der Waals surface area contributed by atoms with Crippen LogP contribution in [-0.2, 0) is 4.79 Å². The van der Waals surface area contributed by atoms with Crippen LogP contribution < -0.4 is 5.32 Å². The van der Waals surface area contributed by atoms with E-state index in [0.717, 1.165) is 6.07 Å². The maximum Gasteiger partial charge on any atom is 0.338 e. The zero-order valence-corrected chi connectivity index (χ0v) is 11.8. The van der Waals surface area contributed by atoms with Gasteiger partial charge in [0.05, 0.1) is 16.1 Å². The van der Waals surface area contributed by atoms with Crippen molar-refractivity contribution in [1.29, 1.82) is 0 Å². The highest BCUT2D eigenvalue weighted by molar-refractivity contribution is 9.10. The number of aromatic carboxylic acids is 1. The zero-order valence-electron chi connectivity index (χ0n) is 10.2. The van der Waals surface area contributed by atoms with E-state index in [1.165, 1.54) is 0 Å². The average Bonchev–Trinajstić information content (AvgIpc) is 2.30. The van der Waals surface area contributed by atoms with Gasteiger partial charge in [-0.3, -0.25) is 4.79 Å². The number of amides is 1. The van der Waals surface area contributed by atoms with Crippen molar-refractivity contribution in [2.75, 3.05) is 5.32 Å². The summed E-state index contributed by atoms with van der Waals surface area (Å²) >= 11 is 3.13. The lowest BCUT2D eigenvalue weighted by molar-refractivity contribution is -0.116. The smallest absolute Gasteiger partial charge is 0.338 e. The molecule has 0 aliphatic carbocycles. The summed E-state index contributed by atoms with van der Waals surface area (Å²) in [5.41, 5.74) is -1.07. The van der Waals surface area contributed by atoms with E-state index in [2.05, 4.69) is 21.2 Å². The predicted molar refractivity (Wildman–Crippen MR) is 69.5 cm³/mol. The number of alkyl halides is 1. The summed E-state index contributed by atoms with van der Waals surface area (Å²) < 4.78 is 26.6. The lowest BCUT2D eigenvalue weighted by Gasteiger charge is -2.14. The molecule has 7 heteroatoms. The van der Waals surface area contributed by atoms with Crippen LogP contribution >= 0.6 is 15.9 Å². The van der Waals surface area contributed by atoms with Gasteiger partial charge in [0, 0.05) is 6.07 Å². The number of halogens is 3. The summed E-state index contributed by atoms with van der Waals surface area (Å²) in [4.78, 5) is 21.9. The second-order valence-electron chi connectivity index (χ2n) is 4.25. The van der Waals surface area contributed by atoms with Gasteiger partial charge in [-0.1, -0.05) is 29.8 Å². The predicted octanol–water partition coefficient (Wildman–Crippen LogP) is 3.02. The van der Waals surface area contributed by atoms with Gasteiger partial charge < -0.3 is 10.4 Å². The van der Waals surface area contributed by atoms with Crippen LogP contribution in [0.1, 0.15) is 24.2 Å². The Bertz CT molecular complexity index is 520. The molecule has 1 atom stereocenters. The summed E-state index contributed by atoms with van der Waals surface area (Å²) in [6, 6.07) is 1.18. The second kappa shape index (κ2) is 6.10. The van der Waals surface area contributed by atoms with Gasteiger partial charge in [0.15, 0.2) is 0 Å². The number of hydrogen-bond donors (Lipinski definition) is 2. The molecule has 1 aromatic carbocycles. The van der Waals surface area contributed by atoms with Gasteiger partial charge in [0.1, 0.15) is 11.6 Å². The number of benzene rings is 1. The van der Waals surface area contributed by atoms with Gasteiger partial charge >= 0.3 is 5.97 Å². The van der Waals surface area contributed by atoms with Crippen molar-refractivity contribution in [3.8, 4) is 0 Å². The fourth-order valence-corrected chi connectivity index (χ4v) is 1.43. The molecule has 0 saturated heterocycles. The van der Waals surface area contributed by atoms with E-state index in [1.807, 2.05) is 0 Å². The van der Waals surface area contributed by atoms with E-state index in [0.29, 0.717) is 6.07 Å². The van der Waals surface area contributed by atoms with Crippen LogP contribution in [-0.4, -0.2) is 21.8 Å². The fraction of sp³-hybridized carbons (Fsp3) is 0.333. The Morgan fingerprint density at radius 3 is 2.32 bits per heavy atom. The Morgan fingerprint density at radius 1 is 1.26 bits per heavy atom. The number of carbonyl (C=O) groups excluding carboxylic acids is 1. The number of nitrogens with one attached hydrogen (secondary N) is 1. The van der Waals surface area contributed by atoms with Gasteiger partial charge in [-0.25, -0.2) is 13.6 Å². The van der Waals surface area contributed by atoms with Crippen LogP contribution in [0.4, 0.5) is 14.5 Å². The molecule has 0 aliphatic heterocycles. The number of carboxylic acids is 1. The largest absolute Gasteiger partial charge is 0.478 e. The number of rotatable bonds is 4. The number of hydrogen-bond acceptors (Lipinski definition) is 2. The fourth-order valence-electron chi connectivity index (χ4n) is 1.31. The van der Waals surface area contributed by atoms with Crippen molar-refractivity contribution in [3.05, 3.63) is 29.3 Å². The topological polar surface area (TPSA) is 66.4 Å². The van der Waals surface area contributed by atoms with Crippen LogP contribution in [0.5, 0.6) is 0 Å². The first-order chi connectivity index (χ1) is 8.73. The molecule has 0 heterocycles. The molecule has 0 aliphatic rings. The highest BCUT2D eigenvalue weighted by atomic mass is 79.9. The first-order valence-corrected chi connectivity index (χ1v) is 6.33. The molecule has 1 rings (SSSR count). The lowest BCUT2D eigenvalue weighted by Crippen LogP contribution is -2.27. The van der Waals surface area contributed by atoms with Crippen molar-refractivity contribution in [2.45, 2.75) is 18.7 Å². The molecule has 0 spiro atoms. The number of anilines is 1. The standard InChI is InChI=1S/C12H12BrF2NO3/c1-5(2)10(13)11(17)16-9-3-6(12(18)19)7(14)4-8(9)15/h3-5,10H,1-2H3,(H,16,17)(H,18,19). The third-order valence-electron chi connectivity index (χ3n) is 2.38. The molecule has 104 valence electrons. The molecule has 19 heavy (non-hydrogen) atoms. The highest BCUT2D eigenvalue weighted by Crippen LogP contribution is 2.21. The minimum Gasteiger partial charge on any atom is -0.478 e. The van der Waals surface area contributed by atoms with Crippen LogP contribution in [0.15, 0.2) is 12.1 Å². The molecule has 4 nitrogen and oxygen atoms in total. The van der Waals surface area contributed by atoms with Crippen LogP contribution in [0, 0.1) is 17.6 Å². The molecule has 0 radical (unpaired) electrons. The molecule has 0 aromatic heterocycles. The number of carboxylic acid groups (broad SMARTS) is 1. The van der Waals surface area contributed by atoms with Gasteiger partial charge in [0.2, 0.25) is 5.91 Å². The first kappa shape index (κ1) is 15.6. The zero-order chi connectivity index (χ0) is 14.7. The Labute approximate surface area is 116 Å². The number of carbonyl (C=O) groups is 2. The Balaban J connectivity index is 3.05. The summed E-state index contributed by atoms with van der Waals surface area (Å²) in [5.74, 6) is -4.33. The molecule has 0 saturated carbocycles. The van der Waals surface area contributed by atoms with E-state index in [4.69, 9.17) is 5.11 Å². The van der Waals surface area contributed by atoms with Crippen molar-refractivity contribution in [3.63, 3.8) is 0 Å². The van der Waals surface area contributed by atoms with Crippen LogP contribution in [0.2, 0.25) is 0 Å². The van der Waals surface area contributed by atoms with Crippen molar-refractivity contribution >= 4 is 33.5 Å². The third kappa shape index (κ3) is 3.73. The SMILES string of the molecule is CC(C)C(Br)C(=O)Nc1cc(C(=O)O)c(F)cc1F. The van der Waals surface area contributed by atoms with E-state index in [-0.39, 0.29) is 11.6 Å². The molecule has 1 unspecified atom stereocenters. The molecule has 2 N–H and O–H groups in total. The minimum absolute atomic E-state index is 0.0394. The maximum atomic E-state index is 13.5. The monoisotopic (exact) mass is 335 g/mol. The normalized spacial score (nSPS) is 12.3. The minimum atomic E-state index is -1.53. The van der Waals surface area contributed by atoms with Gasteiger partial charge in [0.25, 0.3) is 0 Å². The molecule has 1 amide bonds. The van der Waals surface area contributed by atoms with Crippen LogP contribution in [0.25, 0.3) is 0 Å². The van der Waals surface area contributed by atoms with Crippen molar-refractivity contribution < 1.29 is 23.5 Å². The molecule has 0 fully saturated rings. The van der Waals surface area contributed by atoms with Crippen molar-refractivity contribution in [1.82, 2.24) is 0 Å². The summed E-state index contributed by atoms with van der Waals surface area (Å²) in [6.07, 6.45) is 0. The quantitative estimate of drug-likeness (QED) is 0.831. The molecular weight excluding hydrogens is 324 g/mol. The Hall–Kier alpha value is -1.50. The average molecular weight is 336 g/mol. The van der Waals surface area contributed by atoms with Crippen LogP contribution in [0.3, 0.4) is 0 Å². The first-order valence-electron chi connectivity index (χ1n) is 5.41. The summed E-state index contributed by atoms with van der Waals surface area (Å²) in [5, 5.41) is 11.0. The lowest BCUT2D eigenvalue weighted by atomic mass is 10.1. The van der Waals surface area contributed by atoms with Gasteiger partial charge in [-0.05, 0) is 12.0 Å². The van der Waals surface area contributed by atoms with E-state index in [1.54, 1.807) is 13.8 Å². The Morgan fingerprint density at radius 2 is 1.84 bits per heavy atom. The maximum absolute atomic E-state index is 13.5. The van der Waals surface area contributed by atoms with E-state index >= 15 is 0 Å². The van der Waals surface area contributed by atoms with Crippen molar-refractivity contribution in [2.24, 2.45) is 5.92 Å². The molecular formula is C12H12BrF2NO3. The van der Waals surface area contributed by atoms with E-state index < -0.39 is 33.9 Å². The Kier molecular flexibility index (Phi) is 4.99. The molecule has 0 bridgehead atoms. The highest BCUT2D eigenvalue weighted by Gasteiger charge is 2.21. The van der Waals surface area contributed by atoms with Gasteiger partial charge in [-0.15, -0.1) is 0 Å². The third-order valence-corrected chi connectivity index (χ3v) is 3.85. The van der Waals surface area contributed by atoms with E-state index in [9.17, 15) is 18.4 Å². The van der Waals surface area contributed by atoms with Gasteiger partial charge in [-0.2, -0.15) is 0 Å². The molecule has 1 aromatic rings. The second-order valence-corrected chi connectivity index (χ2v) is 5.24.